The molecule has 0 spiro atoms. The van der Waals surface area contributed by atoms with Crippen LogP contribution in [-0.2, 0) is 5.75 Å². The summed E-state index contributed by atoms with van der Waals surface area (Å²) < 4.78 is 0. The first-order valence-electron chi connectivity index (χ1n) is 5.92. The van der Waals surface area contributed by atoms with Gasteiger partial charge in [0.15, 0.2) is 0 Å². The molecule has 98 valence electrons. The molecule has 4 heteroatoms. The number of amides is 1. The number of nitrogens with one attached hydrogen (secondary N) is 1. The van der Waals surface area contributed by atoms with Crippen LogP contribution in [0.25, 0.3) is 0 Å². The number of aromatic hydroxyl groups is 1. The van der Waals surface area contributed by atoms with Gasteiger partial charge < -0.3 is 10.4 Å². The van der Waals surface area contributed by atoms with Crippen molar-refractivity contribution in [1.82, 2.24) is 5.32 Å². The van der Waals surface area contributed by atoms with Crippen LogP contribution in [0.5, 0.6) is 5.75 Å². The van der Waals surface area contributed by atoms with E-state index in [-0.39, 0.29) is 5.91 Å². The molecule has 1 amide bonds. The number of phenolic OH excluding ortho intramolecular Hbond substituents is 1. The third-order valence-electron chi connectivity index (χ3n) is 2.70. The lowest BCUT2D eigenvalue weighted by molar-refractivity contribution is 0.0963. The maximum Gasteiger partial charge on any atom is 0.251 e. The number of phenols is 1. The number of thioether (sulfide) groups is 1. The molecule has 0 aliphatic carbocycles. The molecule has 0 saturated heterocycles. The minimum Gasteiger partial charge on any atom is -0.507 e. The number of carbonyl (C=O) groups excluding carboxylic acids is 1. The normalized spacial score (nSPS) is 10.2. The number of hydrogen-bond donors (Lipinski definition) is 2. The number of hydrogen-bond acceptors (Lipinski definition) is 3. The van der Waals surface area contributed by atoms with Crippen LogP contribution in [0.1, 0.15) is 15.9 Å². The standard InChI is InChI=1S/C15H15NO2S/c1-16-15(18)12-8-6-11(7-9-12)10-19-14-5-3-2-4-13(14)17/h2-9,17H,10H2,1H3,(H,16,18). The number of carbonyl (C=O) groups is 1. The van der Waals surface area contributed by atoms with Crippen LogP contribution in [0.15, 0.2) is 53.4 Å². The van der Waals surface area contributed by atoms with Gasteiger partial charge in [0.25, 0.3) is 5.91 Å². The van der Waals surface area contributed by atoms with Crippen LogP contribution < -0.4 is 5.32 Å². The van der Waals surface area contributed by atoms with Crippen LogP contribution >= 0.6 is 11.8 Å². The lowest BCUT2D eigenvalue weighted by Crippen LogP contribution is -2.17. The molecule has 2 aromatic carbocycles. The third kappa shape index (κ3) is 3.51. The van der Waals surface area contributed by atoms with E-state index in [2.05, 4.69) is 5.32 Å². The number of rotatable bonds is 4. The van der Waals surface area contributed by atoms with Crippen LogP contribution in [0.4, 0.5) is 0 Å². The Balaban J connectivity index is 2.01. The Morgan fingerprint density at radius 1 is 1.16 bits per heavy atom. The topological polar surface area (TPSA) is 49.3 Å². The Kier molecular flexibility index (Phi) is 4.47. The predicted molar refractivity (Wildman–Crippen MR) is 77.5 cm³/mol. The van der Waals surface area contributed by atoms with Gasteiger partial charge in [-0.25, -0.2) is 0 Å². The Bertz CT molecular complexity index is 567. The van der Waals surface area contributed by atoms with Crippen molar-refractivity contribution in [3.63, 3.8) is 0 Å². The fourth-order valence-electron chi connectivity index (χ4n) is 1.64. The van der Waals surface area contributed by atoms with E-state index in [0.717, 1.165) is 16.2 Å². The molecule has 0 atom stereocenters. The molecule has 0 aliphatic rings. The third-order valence-corrected chi connectivity index (χ3v) is 3.84. The summed E-state index contributed by atoms with van der Waals surface area (Å²) >= 11 is 1.57. The summed E-state index contributed by atoms with van der Waals surface area (Å²) in [6.07, 6.45) is 0. The van der Waals surface area contributed by atoms with Gasteiger partial charge in [-0.1, -0.05) is 24.3 Å². The van der Waals surface area contributed by atoms with E-state index in [9.17, 15) is 9.90 Å². The molecule has 0 radical (unpaired) electrons. The van der Waals surface area contributed by atoms with Crippen molar-refractivity contribution < 1.29 is 9.90 Å². The highest BCUT2D eigenvalue weighted by molar-refractivity contribution is 7.98. The minimum atomic E-state index is -0.0834. The van der Waals surface area contributed by atoms with E-state index < -0.39 is 0 Å². The van der Waals surface area contributed by atoms with Crippen molar-refractivity contribution in [3.8, 4) is 5.75 Å². The highest BCUT2D eigenvalue weighted by Gasteiger charge is 2.04. The fraction of sp³-hybridized carbons (Fsp3) is 0.133. The first-order chi connectivity index (χ1) is 9.20. The van der Waals surface area contributed by atoms with Crippen molar-refractivity contribution in [1.29, 1.82) is 0 Å². The van der Waals surface area contributed by atoms with Gasteiger partial charge in [-0.3, -0.25) is 4.79 Å². The molecule has 0 aliphatic heterocycles. The smallest absolute Gasteiger partial charge is 0.251 e. The first-order valence-corrected chi connectivity index (χ1v) is 6.91. The molecule has 0 saturated carbocycles. The van der Waals surface area contributed by atoms with Crippen molar-refractivity contribution in [2.75, 3.05) is 7.05 Å². The van der Waals surface area contributed by atoms with Gasteiger partial charge in [-0.2, -0.15) is 0 Å². The molecule has 19 heavy (non-hydrogen) atoms. The molecule has 2 aromatic rings. The van der Waals surface area contributed by atoms with E-state index in [1.165, 1.54) is 0 Å². The Morgan fingerprint density at radius 2 is 1.84 bits per heavy atom. The van der Waals surface area contributed by atoms with Crippen LogP contribution in [-0.4, -0.2) is 18.1 Å². The van der Waals surface area contributed by atoms with E-state index in [1.807, 2.05) is 24.3 Å². The van der Waals surface area contributed by atoms with E-state index in [0.29, 0.717) is 11.3 Å². The van der Waals surface area contributed by atoms with Crippen molar-refractivity contribution in [3.05, 3.63) is 59.7 Å². The van der Waals surface area contributed by atoms with E-state index >= 15 is 0 Å². The largest absolute Gasteiger partial charge is 0.507 e. The van der Waals surface area contributed by atoms with Gasteiger partial charge in [0.2, 0.25) is 0 Å². The second-order valence-electron chi connectivity index (χ2n) is 4.03. The average Bonchev–Trinajstić information content (AvgIpc) is 2.46. The maximum atomic E-state index is 11.4. The molecule has 2 rings (SSSR count). The molecular formula is C15H15NO2S. The Morgan fingerprint density at radius 3 is 2.47 bits per heavy atom. The Labute approximate surface area is 116 Å². The number of para-hydroxylation sites is 1. The molecule has 0 heterocycles. The van der Waals surface area contributed by atoms with Gasteiger partial charge in [0, 0.05) is 23.3 Å². The average molecular weight is 273 g/mol. The second-order valence-corrected chi connectivity index (χ2v) is 5.05. The van der Waals surface area contributed by atoms with Crippen molar-refractivity contribution in [2.24, 2.45) is 0 Å². The minimum absolute atomic E-state index is 0.0834. The molecule has 2 N–H and O–H groups in total. The molecule has 0 fully saturated rings. The summed E-state index contributed by atoms with van der Waals surface area (Å²) in [6, 6.07) is 14.7. The molecular weight excluding hydrogens is 258 g/mol. The molecule has 0 unspecified atom stereocenters. The summed E-state index contributed by atoms with van der Waals surface area (Å²) in [7, 11) is 1.62. The van der Waals surface area contributed by atoms with E-state index in [4.69, 9.17) is 0 Å². The predicted octanol–water partition coefficient (Wildman–Crippen LogP) is 3.04. The highest BCUT2D eigenvalue weighted by atomic mass is 32.2. The first kappa shape index (κ1) is 13.5. The number of benzene rings is 2. The zero-order chi connectivity index (χ0) is 13.7. The van der Waals surface area contributed by atoms with Crippen LogP contribution in [0, 0.1) is 0 Å². The monoisotopic (exact) mass is 273 g/mol. The summed E-state index contributed by atoms with van der Waals surface area (Å²) in [4.78, 5) is 12.3. The summed E-state index contributed by atoms with van der Waals surface area (Å²) in [5.74, 6) is 0.973. The van der Waals surface area contributed by atoms with Gasteiger partial charge >= 0.3 is 0 Å². The van der Waals surface area contributed by atoms with Crippen molar-refractivity contribution >= 4 is 17.7 Å². The summed E-state index contributed by atoms with van der Waals surface area (Å²) in [6.45, 7) is 0. The zero-order valence-electron chi connectivity index (χ0n) is 10.6. The highest BCUT2D eigenvalue weighted by Crippen LogP contribution is 2.30. The zero-order valence-corrected chi connectivity index (χ0v) is 11.4. The quantitative estimate of drug-likeness (QED) is 0.842. The van der Waals surface area contributed by atoms with Gasteiger partial charge in [-0.15, -0.1) is 11.8 Å². The maximum absolute atomic E-state index is 11.4. The van der Waals surface area contributed by atoms with Gasteiger partial charge in [0.1, 0.15) is 5.75 Å². The molecule has 0 bridgehead atoms. The molecule has 3 nitrogen and oxygen atoms in total. The molecule has 0 aromatic heterocycles. The lowest BCUT2D eigenvalue weighted by Gasteiger charge is -2.05. The lowest BCUT2D eigenvalue weighted by atomic mass is 10.1. The van der Waals surface area contributed by atoms with Crippen LogP contribution in [0.3, 0.4) is 0 Å². The summed E-state index contributed by atoms with van der Waals surface area (Å²) in [5, 5.41) is 12.3. The second kappa shape index (κ2) is 6.29. The fourth-order valence-corrected chi connectivity index (χ4v) is 2.54. The Hall–Kier alpha value is -1.94. The van der Waals surface area contributed by atoms with Crippen LogP contribution in [0.2, 0.25) is 0 Å². The van der Waals surface area contributed by atoms with Gasteiger partial charge in [-0.05, 0) is 29.8 Å². The summed E-state index contributed by atoms with van der Waals surface area (Å²) in [5.41, 5.74) is 1.76. The SMILES string of the molecule is CNC(=O)c1ccc(CSc2ccccc2O)cc1. The van der Waals surface area contributed by atoms with E-state index in [1.54, 1.807) is 43.1 Å². The van der Waals surface area contributed by atoms with Gasteiger partial charge in [0.05, 0.1) is 0 Å². The van der Waals surface area contributed by atoms with Crippen molar-refractivity contribution in [2.45, 2.75) is 10.6 Å².